The van der Waals surface area contributed by atoms with Gasteiger partial charge in [-0.25, -0.2) is 17.5 Å². The molecule has 0 spiro atoms. The smallest absolute Gasteiger partial charge is 0.295 e. The van der Waals surface area contributed by atoms with Gasteiger partial charge in [0.15, 0.2) is 0 Å². The SMILES string of the molecule is C=CCCCN1C(=O)N(C)c2ccccc2S1(=O)=O. The van der Waals surface area contributed by atoms with Crippen molar-refractivity contribution in [2.75, 3.05) is 18.5 Å². The van der Waals surface area contributed by atoms with E-state index in [0.717, 1.165) is 4.31 Å². The largest absolute Gasteiger partial charge is 0.338 e. The van der Waals surface area contributed by atoms with E-state index in [1.165, 1.54) is 11.0 Å². The van der Waals surface area contributed by atoms with Crippen LogP contribution in [0.2, 0.25) is 0 Å². The number of rotatable bonds is 4. The highest BCUT2D eigenvalue weighted by Gasteiger charge is 2.39. The zero-order valence-corrected chi connectivity index (χ0v) is 11.6. The Bertz CT molecular complexity index is 610. The summed E-state index contributed by atoms with van der Waals surface area (Å²) in [5, 5.41) is 0. The lowest BCUT2D eigenvalue weighted by Crippen LogP contribution is -2.49. The number of carbonyl (C=O) groups is 1. The summed E-state index contributed by atoms with van der Waals surface area (Å²) in [6, 6.07) is 6.01. The lowest BCUT2D eigenvalue weighted by molar-refractivity contribution is 0.229. The highest BCUT2D eigenvalue weighted by atomic mass is 32.2. The fourth-order valence-electron chi connectivity index (χ4n) is 2.04. The second-order valence-corrected chi connectivity index (χ2v) is 6.15. The van der Waals surface area contributed by atoms with Crippen LogP contribution in [0, 0.1) is 0 Å². The summed E-state index contributed by atoms with van der Waals surface area (Å²) in [6.07, 6.45) is 2.95. The van der Waals surface area contributed by atoms with Crippen LogP contribution in [0.5, 0.6) is 0 Å². The Hall–Kier alpha value is -1.82. The van der Waals surface area contributed by atoms with E-state index < -0.39 is 16.1 Å². The second kappa shape index (κ2) is 5.05. The first kappa shape index (κ1) is 13.6. The zero-order chi connectivity index (χ0) is 14.0. The summed E-state index contributed by atoms with van der Waals surface area (Å²) in [4.78, 5) is 13.7. The molecule has 2 amide bonds. The minimum Gasteiger partial charge on any atom is -0.295 e. The lowest BCUT2D eigenvalue weighted by atomic mass is 10.3. The normalized spacial score (nSPS) is 17.2. The molecule has 0 aliphatic carbocycles. The Morgan fingerprint density at radius 1 is 1.32 bits per heavy atom. The van der Waals surface area contributed by atoms with Gasteiger partial charge in [-0.2, -0.15) is 0 Å². The number of nitrogens with zero attached hydrogens (tertiary/aromatic N) is 2. The standard InChI is InChI=1S/C13H16N2O3S/c1-3-4-7-10-15-13(16)14(2)11-8-5-6-9-12(11)19(15,17)18/h3,5-6,8-9H,1,4,7,10H2,2H3. The molecule has 0 saturated heterocycles. The van der Waals surface area contributed by atoms with Crippen LogP contribution in [0.4, 0.5) is 10.5 Å². The van der Waals surface area contributed by atoms with Crippen LogP contribution in [-0.4, -0.2) is 32.3 Å². The molecule has 5 nitrogen and oxygen atoms in total. The Labute approximate surface area is 113 Å². The fraction of sp³-hybridized carbons (Fsp3) is 0.308. The number of urea groups is 1. The molecule has 0 aromatic heterocycles. The van der Waals surface area contributed by atoms with Crippen LogP contribution in [0.3, 0.4) is 0 Å². The molecule has 1 aliphatic rings. The summed E-state index contributed by atoms with van der Waals surface area (Å²) < 4.78 is 25.7. The Balaban J connectivity index is 2.43. The molecule has 6 heteroatoms. The molecule has 102 valence electrons. The molecule has 19 heavy (non-hydrogen) atoms. The lowest BCUT2D eigenvalue weighted by Gasteiger charge is -2.34. The van der Waals surface area contributed by atoms with Gasteiger partial charge in [0.25, 0.3) is 10.0 Å². The summed E-state index contributed by atoms with van der Waals surface area (Å²) in [5.41, 5.74) is 0.424. The number of hydrogen-bond donors (Lipinski definition) is 0. The van der Waals surface area contributed by atoms with Crippen molar-refractivity contribution < 1.29 is 13.2 Å². The van der Waals surface area contributed by atoms with Crippen molar-refractivity contribution in [2.24, 2.45) is 0 Å². The monoisotopic (exact) mass is 280 g/mol. The molecule has 0 radical (unpaired) electrons. The average molecular weight is 280 g/mol. The molecular formula is C13H16N2O3S. The van der Waals surface area contributed by atoms with Gasteiger partial charge in [-0.1, -0.05) is 18.2 Å². The van der Waals surface area contributed by atoms with Crippen molar-refractivity contribution >= 4 is 21.7 Å². The third-order valence-corrected chi connectivity index (χ3v) is 4.88. The van der Waals surface area contributed by atoms with Gasteiger partial charge in [0.2, 0.25) is 0 Å². The minimum absolute atomic E-state index is 0.172. The Kier molecular flexibility index (Phi) is 3.61. The van der Waals surface area contributed by atoms with Gasteiger partial charge in [0, 0.05) is 13.6 Å². The van der Waals surface area contributed by atoms with E-state index >= 15 is 0 Å². The molecular weight excluding hydrogens is 264 g/mol. The summed E-state index contributed by atoms with van der Waals surface area (Å²) >= 11 is 0. The first-order valence-electron chi connectivity index (χ1n) is 6.00. The molecule has 0 N–H and O–H groups in total. The van der Waals surface area contributed by atoms with Gasteiger partial charge in [0.05, 0.1) is 5.69 Å². The number of sulfonamides is 1. The Morgan fingerprint density at radius 3 is 2.68 bits per heavy atom. The third kappa shape index (κ3) is 2.23. The van der Waals surface area contributed by atoms with Crippen molar-refractivity contribution in [3.63, 3.8) is 0 Å². The first-order chi connectivity index (χ1) is 9.00. The summed E-state index contributed by atoms with van der Waals surface area (Å²) in [7, 11) is -2.16. The second-order valence-electron chi connectivity index (χ2n) is 4.32. The molecule has 0 saturated carbocycles. The molecule has 0 unspecified atom stereocenters. The van der Waals surface area contributed by atoms with Crippen molar-refractivity contribution in [1.82, 2.24) is 4.31 Å². The van der Waals surface area contributed by atoms with E-state index in [9.17, 15) is 13.2 Å². The van der Waals surface area contributed by atoms with Crippen molar-refractivity contribution in [1.29, 1.82) is 0 Å². The maximum atomic E-state index is 12.4. The number of para-hydroxylation sites is 1. The van der Waals surface area contributed by atoms with Crippen LogP contribution < -0.4 is 4.90 Å². The summed E-state index contributed by atoms with van der Waals surface area (Å²) in [6.45, 7) is 3.76. The molecule has 1 aliphatic heterocycles. The topological polar surface area (TPSA) is 57.7 Å². The van der Waals surface area contributed by atoms with Gasteiger partial charge in [-0.3, -0.25) is 4.90 Å². The molecule has 2 rings (SSSR count). The van der Waals surface area contributed by atoms with Crippen LogP contribution in [0.1, 0.15) is 12.8 Å². The molecule has 1 heterocycles. The third-order valence-electron chi connectivity index (χ3n) is 3.06. The van der Waals surface area contributed by atoms with E-state index in [4.69, 9.17) is 0 Å². The number of anilines is 1. The van der Waals surface area contributed by atoms with Crippen LogP contribution >= 0.6 is 0 Å². The van der Waals surface area contributed by atoms with Gasteiger partial charge < -0.3 is 0 Å². The van der Waals surface area contributed by atoms with Crippen molar-refractivity contribution in [3.05, 3.63) is 36.9 Å². The van der Waals surface area contributed by atoms with Crippen LogP contribution in [-0.2, 0) is 10.0 Å². The predicted octanol–water partition coefficient (Wildman–Crippen LogP) is 2.21. The van der Waals surface area contributed by atoms with E-state index in [1.54, 1.807) is 31.3 Å². The highest BCUT2D eigenvalue weighted by molar-refractivity contribution is 7.90. The summed E-state index contributed by atoms with van der Waals surface area (Å²) in [5.74, 6) is 0. The van der Waals surface area contributed by atoms with E-state index in [2.05, 4.69) is 6.58 Å². The average Bonchev–Trinajstić information content (AvgIpc) is 2.40. The number of unbranched alkanes of at least 4 members (excludes halogenated alkanes) is 1. The molecule has 0 fully saturated rings. The van der Waals surface area contributed by atoms with Crippen LogP contribution in [0.15, 0.2) is 41.8 Å². The Morgan fingerprint density at radius 2 is 2.00 bits per heavy atom. The van der Waals surface area contributed by atoms with Crippen molar-refractivity contribution in [2.45, 2.75) is 17.7 Å². The van der Waals surface area contributed by atoms with Crippen molar-refractivity contribution in [3.8, 4) is 0 Å². The van der Waals surface area contributed by atoms with Gasteiger partial charge in [0.1, 0.15) is 4.90 Å². The zero-order valence-electron chi connectivity index (χ0n) is 10.7. The van der Waals surface area contributed by atoms with E-state index in [1.807, 2.05) is 0 Å². The molecule has 1 aromatic carbocycles. The molecule has 1 aromatic rings. The van der Waals surface area contributed by atoms with E-state index in [0.29, 0.717) is 18.5 Å². The quantitative estimate of drug-likeness (QED) is 0.627. The number of hydrogen-bond acceptors (Lipinski definition) is 3. The maximum Gasteiger partial charge on any atom is 0.338 e. The van der Waals surface area contributed by atoms with Gasteiger partial charge in [-0.05, 0) is 25.0 Å². The maximum absolute atomic E-state index is 12.4. The van der Waals surface area contributed by atoms with Gasteiger partial charge >= 0.3 is 6.03 Å². The molecule has 0 atom stereocenters. The number of amides is 2. The fourth-order valence-corrected chi connectivity index (χ4v) is 3.69. The highest BCUT2D eigenvalue weighted by Crippen LogP contribution is 2.33. The molecule has 0 bridgehead atoms. The number of fused-ring (bicyclic) bond motifs is 1. The minimum atomic E-state index is -3.74. The number of benzene rings is 1. The van der Waals surface area contributed by atoms with Crippen LogP contribution in [0.25, 0.3) is 0 Å². The first-order valence-corrected chi connectivity index (χ1v) is 7.44. The number of carbonyl (C=O) groups excluding carboxylic acids is 1. The van der Waals surface area contributed by atoms with Gasteiger partial charge in [-0.15, -0.1) is 6.58 Å². The number of allylic oxidation sites excluding steroid dienone is 1. The predicted molar refractivity (Wildman–Crippen MR) is 73.6 cm³/mol. The van der Waals surface area contributed by atoms with E-state index in [-0.39, 0.29) is 11.4 Å².